The van der Waals surface area contributed by atoms with Gasteiger partial charge in [-0.05, 0) is 17.7 Å². The fraction of sp³-hybridized carbons (Fsp3) is 0.222. The molecule has 0 spiro atoms. The summed E-state index contributed by atoms with van der Waals surface area (Å²) in [6, 6.07) is 2.05. The molecule has 0 saturated heterocycles. The van der Waals surface area contributed by atoms with Crippen molar-refractivity contribution >= 4 is 22.6 Å². The van der Waals surface area contributed by atoms with Gasteiger partial charge < -0.3 is 4.98 Å². The van der Waals surface area contributed by atoms with E-state index in [0.29, 0.717) is 16.6 Å². The Morgan fingerprint density at radius 1 is 1.33 bits per heavy atom. The maximum Gasteiger partial charge on any atom is 0.416 e. The first-order valence-corrected chi connectivity index (χ1v) is 4.65. The highest BCUT2D eigenvalue weighted by Crippen LogP contribution is 2.32. The van der Waals surface area contributed by atoms with Gasteiger partial charge in [-0.25, -0.2) is 4.98 Å². The van der Waals surface area contributed by atoms with Gasteiger partial charge in [-0.3, -0.25) is 0 Å². The van der Waals surface area contributed by atoms with Gasteiger partial charge >= 0.3 is 6.18 Å². The lowest BCUT2D eigenvalue weighted by Gasteiger charge is -2.08. The number of hydrogen-bond donors (Lipinski definition) is 1. The van der Waals surface area contributed by atoms with Crippen LogP contribution in [0.3, 0.4) is 0 Å². The van der Waals surface area contributed by atoms with E-state index in [1.165, 1.54) is 6.33 Å². The van der Waals surface area contributed by atoms with Crippen molar-refractivity contribution in [2.45, 2.75) is 12.1 Å². The van der Waals surface area contributed by atoms with Crippen molar-refractivity contribution in [2.24, 2.45) is 0 Å². The van der Waals surface area contributed by atoms with Crippen molar-refractivity contribution in [3.8, 4) is 0 Å². The fourth-order valence-corrected chi connectivity index (χ4v) is 1.59. The molecule has 1 N–H and O–H groups in total. The van der Waals surface area contributed by atoms with Gasteiger partial charge in [0.2, 0.25) is 0 Å². The first-order chi connectivity index (χ1) is 7.02. The number of nitrogens with zero attached hydrogens (tertiary/aromatic N) is 1. The number of hydrogen-bond acceptors (Lipinski definition) is 1. The summed E-state index contributed by atoms with van der Waals surface area (Å²) in [7, 11) is 0. The summed E-state index contributed by atoms with van der Waals surface area (Å²) < 4.78 is 37.4. The van der Waals surface area contributed by atoms with Crippen LogP contribution in [0.4, 0.5) is 13.2 Å². The second-order valence-corrected chi connectivity index (χ2v) is 3.33. The summed E-state index contributed by atoms with van der Waals surface area (Å²) in [5, 5.41) is 0. The Labute approximate surface area is 88.1 Å². The van der Waals surface area contributed by atoms with Gasteiger partial charge in [0, 0.05) is 5.88 Å². The molecule has 2 nitrogen and oxygen atoms in total. The van der Waals surface area contributed by atoms with Crippen molar-refractivity contribution in [1.29, 1.82) is 0 Å². The van der Waals surface area contributed by atoms with Gasteiger partial charge in [0.1, 0.15) is 0 Å². The third-order valence-electron chi connectivity index (χ3n) is 2.07. The highest BCUT2D eigenvalue weighted by molar-refractivity contribution is 6.17. The number of imidazole rings is 1. The molecule has 0 atom stereocenters. The third-order valence-corrected chi connectivity index (χ3v) is 2.36. The third kappa shape index (κ3) is 1.79. The Hall–Kier alpha value is -1.23. The molecule has 0 aliphatic heterocycles. The predicted molar refractivity (Wildman–Crippen MR) is 50.7 cm³/mol. The monoisotopic (exact) mass is 234 g/mol. The Kier molecular flexibility index (Phi) is 2.34. The van der Waals surface area contributed by atoms with Crippen LogP contribution in [0.1, 0.15) is 11.1 Å². The molecule has 0 unspecified atom stereocenters. The summed E-state index contributed by atoms with van der Waals surface area (Å²) in [6.07, 6.45) is -3.01. The lowest BCUT2D eigenvalue weighted by Crippen LogP contribution is -2.05. The zero-order valence-electron chi connectivity index (χ0n) is 7.40. The van der Waals surface area contributed by atoms with Crippen molar-refractivity contribution < 1.29 is 13.2 Å². The zero-order valence-corrected chi connectivity index (χ0v) is 8.15. The number of fused-ring (bicyclic) bond motifs is 1. The van der Waals surface area contributed by atoms with E-state index in [1.807, 2.05) is 0 Å². The summed E-state index contributed by atoms with van der Waals surface area (Å²) in [4.78, 5) is 6.54. The second kappa shape index (κ2) is 3.41. The summed E-state index contributed by atoms with van der Waals surface area (Å²) in [6.45, 7) is 0. The number of rotatable bonds is 1. The quantitative estimate of drug-likeness (QED) is 0.754. The molecule has 2 aromatic rings. The molecule has 0 fully saturated rings. The standard InChI is InChI=1S/C9H6ClF3N2/c10-3-5-1-6(9(11,12)13)2-7-8(5)15-4-14-7/h1-2,4H,3H2,(H,14,15). The minimum Gasteiger partial charge on any atom is -0.345 e. The van der Waals surface area contributed by atoms with Crippen LogP contribution in [0.2, 0.25) is 0 Å². The van der Waals surface area contributed by atoms with Crippen molar-refractivity contribution in [1.82, 2.24) is 9.97 Å². The van der Waals surface area contributed by atoms with E-state index < -0.39 is 11.7 Å². The van der Waals surface area contributed by atoms with Gasteiger partial charge in [0.25, 0.3) is 0 Å². The summed E-state index contributed by atoms with van der Waals surface area (Å²) in [5.41, 5.74) is 0.496. The SMILES string of the molecule is FC(F)(F)c1cc(CCl)c2nc[nH]c2c1. The van der Waals surface area contributed by atoms with E-state index >= 15 is 0 Å². The van der Waals surface area contributed by atoms with Crippen LogP contribution in [-0.4, -0.2) is 9.97 Å². The van der Waals surface area contributed by atoms with E-state index in [4.69, 9.17) is 11.6 Å². The molecule has 0 radical (unpaired) electrons. The Balaban J connectivity index is 2.69. The minimum atomic E-state index is -4.36. The number of halogens is 4. The molecule has 2 rings (SSSR count). The lowest BCUT2D eigenvalue weighted by atomic mass is 10.1. The van der Waals surface area contributed by atoms with E-state index in [9.17, 15) is 13.2 Å². The summed E-state index contributed by atoms with van der Waals surface area (Å²) >= 11 is 5.56. The Morgan fingerprint density at radius 3 is 2.67 bits per heavy atom. The predicted octanol–water partition coefficient (Wildman–Crippen LogP) is 3.32. The van der Waals surface area contributed by atoms with Crippen LogP contribution in [-0.2, 0) is 12.1 Å². The lowest BCUT2D eigenvalue weighted by molar-refractivity contribution is -0.137. The van der Waals surface area contributed by atoms with Gasteiger partial charge in [0.05, 0.1) is 22.9 Å². The van der Waals surface area contributed by atoms with Crippen molar-refractivity contribution in [3.63, 3.8) is 0 Å². The van der Waals surface area contributed by atoms with Crippen molar-refractivity contribution in [2.75, 3.05) is 0 Å². The smallest absolute Gasteiger partial charge is 0.345 e. The number of alkyl halides is 4. The molecule has 0 saturated carbocycles. The highest BCUT2D eigenvalue weighted by Gasteiger charge is 2.31. The van der Waals surface area contributed by atoms with Gasteiger partial charge in [0.15, 0.2) is 0 Å². The van der Waals surface area contributed by atoms with Crippen molar-refractivity contribution in [3.05, 3.63) is 29.6 Å². The van der Waals surface area contributed by atoms with Crippen LogP contribution in [0.15, 0.2) is 18.5 Å². The number of aromatic nitrogens is 2. The average molecular weight is 235 g/mol. The van der Waals surface area contributed by atoms with Crippen LogP contribution in [0.5, 0.6) is 0 Å². The topological polar surface area (TPSA) is 28.7 Å². The Bertz CT molecular complexity index is 490. The molecule has 1 heterocycles. The highest BCUT2D eigenvalue weighted by atomic mass is 35.5. The first kappa shape index (κ1) is 10.3. The number of H-pyrrole nitrogens is 1. The molecule has 0 amide bonds. The molecular formula is C9H6ClF3N2. The van der Waals surface area contributed by atoms with Gasteiger partial charge in [-0.1, -0.05) is 0 Å². The number of benzene rings is 1. The minimum absolute atomic E-state index is 0.00523. The Morgan fingerprint density at radius 2 is 2.07 bits per heavy atom. The molecule has 15 heavy (non-hydrogen) atoms. The molecule has 80 valence electrons. The van der Waals surface area contributed by atoms with Crippen LogP contribution in [0, 0.1) is 0 Å². The first-order valence-electron chi connectivity index (χ1n) is 4.11. The molecule has 0 aliphatic rings. The normalized spacial score (nSPS) is 12.3. The zero-order chi connectivity index (χ0) is 11.1. The molecule has 0 bridgehead atoms. The van der Waals surface area contributed by atoms with Gasteiger partial charge in [-0.15, -0.1) is 11.6 Å². The number of nitrogens with one attached hydrogen (secondary N) is 1. The molecular weight excluding hydrogens is 229 g/mol. The van der Waals surface area contributed by atoms with E-state index in [-0.39, 0.29) is 5.88 Å². The maximum atomic E-state index is 12.5. The molecule has 0 aliphatic carbocycles. The molecule has 1 aromatic carbocycles. The number of aromatic amines is 1. The van der Waals surface area contributed by atoms with Crippen LogP contribution < -0.4 is 0 Å². The fourth-order valence-electron chi connectivity index (χ4n) is 1.39. The largest absolute Gasteiger partial charge is 0.416 e. The van der Waals surface area contributed by atoms with E-state index in [1.54, 1.807) is 0 Å². The summed E-state index contributed by atoms with van der Waals surface area (Å²) in [5.74, 6) is 0.00523. The van der Waals surface area contributed by atoms with Crippen LogP contribution in [0.25, 0.3) is 11.0 Å². The molecule has 1 aromatic heterocycles. The maximum absolute atomic E-state index is 12.5. The second-order valence-electron chi connectivity index (χ2n) is 3.07. The van der Waals surface area contributed by atoms with E-state index in [2.05, 4.69) is 9.97 Å². The van der Waals surface area contributed by atoms with Gasteiger partial charge in [-0.2, -0.15) is 13.2 Å². The van der Waals surface area contributed by atoms with E-state index in [0.717, 1.165) is 12.1 Å². The van der Waals surface area contributed by atoms with Crippen LogP contribution >= 0.6 is 11.6 Å². The molecule has 6 heteroatoms. The average Bonchev–Trinajstić information content (AvgIpc) is 2.62.